The minimum Gasteiger partial charge on any atom is -0.490 e. The predicted octanol–water partition coefficient (Wildman–Crippen LogP) is 3.73. The number of rotatable bonds is 8. The zero-order valence-electron chi connectivity index (χ0n) is 12.9. The molecule has 0 radical (unpaired) electrons. The van der Waals surface area contributed by atoms with Crippen molar-refractivity contribution in [3.63, 3.8) is 0 Å². The summed E-state index contributed by atoms with van der Waals surface area (Å²) in [5.41, 5.74) is 1.38. The average Bonchev–Trinajstić information content (AvgIpc) is 2.42. The van der Waals surface area contributed by atoms with Gasteiger partial charge in [-0.3, -0.25) is 0 Å². The van der Waals surface area contributed by atoms with Crippen LogP contribution in [0.5, 0.6) is 11.5 Å². The normalized spacial score (nSPS) is 21.4. The van der Waals surface area contributed by atoms with Crippen LogP contribution in [0.15, 0.2) is 18.2 Å². The first-order valence-corrected chi connectivity index (χ1v) is 7.85. The van der Waals surface area contributed by atoms with Crippen LogP contribution in [0.3, 0.4) is 0 Å². The largest absolute Gasteiger partial charge is 0.490 e. The van der Waals surface area contributed by atoms with Crippen LogP contribution in [0, 0.1) is 0 Å². The van der Waals surface area contributed by atoms with Gasteiger partial charge in [0.05, 0.1) is 13.2 Å². The summed E-state index contributed by atoms with van der Waals surface area (Å²) in [4.78, 5) is 0. The van der Waals surface area contributed by atoms with Gasteiger partial charge in [0, 0.05) is 6.04 Å². The molecule has 0 spiro atoms. The number of nitrogens with one attached hydrogen (secondary N) is 1. The third-order valence-electron chi connectivity index (χ3n) is 3.91. The van der Waals surface area contributed by atoms with E-state index in [-0.39, 0.29) is 0 Å². The van der Waals surface area contributed by atoms with Crippen molar-refractivity contribution in [3.8, 4) is 11.5 Å². The summed E-state index contributed by atoms with van der Waals surface area (Å²) in [6.07, 6.45) is 4.47. The van der Waals surface area contributed by atoms with Gasteiger partial charge in [0.1, 0.15) is 0 Å². The van der Waals surface area contributed by atoms with Gasteiger partial charge in [-0.15, -0.1) is 0 Å². The third kappa shape index (κ3) is 3.66. The van der Waals surface area contributed by atoms with Crippen molar-refractivity contribution < 1.29 is 9.47 Å². The zero-order chi connectivity index (χ0) is 14.4. The lowest BCUT2D eigenvalue weighted by atomic mass is 9.76. The molecule has 3 heteroatoms. The summed E-state index contributed by atoms with van der Waals surface area (Å²) in [7, 11) is 2.04. The molecule has 0 bridgehead atoms. The molecule has 1 aromatic rings. The van der Waals surface area contributed by atoms with E-state index in [1.54, 1.807) is 0 Å². The van der Waals surface area contributed by atoms with Crippen molar-refractivity contribution in [3.05, 3.63) is 23.8 Å². The molecule has 1 aromatic carbocycles. The summed E-state index contributed by atoms with van der Waals surface area (Å²) < 4.78 is 11.6. The van der Waals surface area contributed by atoms with E-state index < -0.39 is 0 Å². The maximum absolute atomic E-state index is 5.86. The van der Waals surface area contributed by atoms with E-state index in [4.69, 9.17) is 9.47 Å². The minimum atomic E-state index is 0.664. The zero-order valence-corrected chi connectivity index (χ0v) is 12.9. The van der Waals surface area contributed by atoms with Crippen molar-refractivity contribution >= 4 is 0 Å². The molecule has 0 atom stereocenters. The first-order chi connectivity index (χ1) is 9.78. The van der Waals surface area contributed by atoms with E-state index in [2.05, 4.69) is 37.4 Å². The predicted molar refractivity (Wildman–Crippen MR) is 82.8 cm³/mol. The van der Waals surface area contributed by atoms with Crippen molar-refractivity contribution in [2.24, 2.45) is 0 Å². The molecule has 1 fully saturated rings. The van der Waals surface area contributed by atoms with Crippen molar-refractivity contribution in [2.45, 2.75) is 51.5 Å². The summed E-state index contributed by atoms with van der Waals surface area (Å²) in [6.45, 7) is 5.73. The van der Waals surface area contributed by atoms with Gasteiger partial charge in [-0.25, -0.2) is 0 Å². The maximum Gasteiger partial charge on any atom is 0.161 e. The topological polar surface area (TPSA) is 30.5 Å². The number of hydrogen-bond acceptors (Lipinski definition) is 3. The molecule has 0 aliphatic heterocycles. The Labute approximate surface area is 122 Å². The second kappa shape index (κ2) is 7.53. The SMILES string of the molecule is CCCOc1ccc(C2CC(NC)C2)cc1OCCC. The Morgan fingerprint density at radius 3 is 2.30 bits per heavy atom. The molecule has 0 unspecified atom stereocenters. The molecule has 112 valence electrons. The van der Waals surface area contributed by atoms with Crippen molar-refractivity contribution in [1.29, 1.82) is 0 Å². The van der Waals surface area contributed by atoms with Gasteiger partial charge in [-0.05, 0) is 56.3 Å². The molecule has 0 amide bonds. The van der Waals surface area contributed by atoms with Crippen LogP contribution >= 0.6 is 0 Å². The molecule has 1 aliphatic carbocycles. The second-order valence-corrected chi connectivity index (χ2v) is 5.56. The van der Waals surface area contributed by atoms with Gasteiger partial charge in [0.25, 0.3) is 0 Å². The molecular weight excluding hydrogens is 250 g/mol. The molecule has 0 heterocycles. The van der Waals surface area contributed by atoms with Gasteiger partial charge in [-0.2, -0.15) is 0 Å². The summed E-state index contributed by atoms with van der Waals surface area (Å²) in [6, 6.07) is 7.12. The van der Waals surface area contributed by atoms with Gasteiger partial charge < -0.3 is 14.8 Å². The highest BCUT2D eigenvalue weighted by Gasteiger charge is 2.29. The van der Waals surface area contributed by atoms with Crippen LogP contribution in [0.2, 0.25) is 0 Å². The molecule has 20 heavy (non-hydrogen) atoms. The average molecular weight is 277 g/mol. The Bertz CT molecular complexity index is 413. The molecule has 1 N–H and O–H groups in total. The van der Waals surface area contributed by atoms with Crippen LogP contribution in [0.4, 0.5) is 0 Å². The van der Waals surface area contributed by atoms with E-state index in [0.717, 1.165) is 37.6 Å². The summed E-state index contributed by atoms with van der Waals surface area (Å²) in [5.74, 6) is 2.45. The van der Waals surface area contributed by atoms with E-state index >= 15 is 0 Å². The van der Waals surface area contributed by atoms with Crippen LogP contribution in [0.25, 0.3) is 0 Å². The number of ether oxygens (including phenoxy) is 2. The van der Waals surface area contributed by atoms with Crippen LogP contribution in [0.1, 0.15) is 51.0 Å². The van der Waals surface area contributed by atoms with Gasteiger partial charge >= 0.3 is 0 Å². The van der Waals surface area contributed by atoms with E-state index in [1.165, 1.54) is 18.4 Å². The summed E-state index contributed by atoms with van der Waals surface area (Å²) >= 11 is 0. The molecule has 1 aliphatic rings. The molecule has 1 saturated carbocycles. The Morgan fingerprint density at radius 2 is 1.70 bits per heavy atom. The van der Waals surface area contributed by atoms with E-state index in [0.29, 0.717) is 12.0 Å². The Hall–Kier alpha value is -1.22. The van der Waals surface area contributed by atoms with Gasteiger partial charge in [0.15, 0.2) is 11.5 Å². The molecule has 2 rings (SSSR count). The molecule has 3 nitrogen and oxygen atoms in total. The molecule has 0 aromatic heterocycles. The van der Waals surface area contributed by atoms with E-state index in [9.17, 15) is 0 Å². The smallest absolute Gasteiger partial charge is 0.161 e. The van der Waals surface area contributed by atoms with Crippen LogP contribution in [-0.2, 0) is 0 Å². The summed E-state index contributed by atoms with van der Waals surface area (Å²) in [5, 5.41) is 3.33. The molecule has 0 saturated heterocycles. The quantitative estimate of drug-likeness (QED) is 0.785. The van der Waals surface area contributed by atoms with Crippen molar-refractivity contribution in [2.75, 3.05) is 20.3 Å². The maximum atomic E-state index is 5.86. The lowest BCUT2D eigenvalue weighted by molar-refractivity contribution is 0.266. The first kappa shape index (κ1) is 15.2. The van der Waals surface area contributed by atoms with E-state index in [1.807, 2.05) is 7.05 Å². The Balaban J connectivity index is 2.06. The molecular formula is C17H27NO2. The lowest BCUT2D eigenvalue weighted by Gasteiger charge is -2.35. The first-order valence-electron chi connectivity index (χ1n) is 7.85. The standard InChI is InChI=1S/C17H27NO2/c1-4-8-19-16-7-6-13(12-17(16)20-9-5-2)14-10-15(11-14)18-3/h6-7,12,14-15,18H,4-5,8-11H2,1-3H3. The third-order valence-corrected chi connectivity index (χ3v) is 3.91. The highest BCUT2D eigenvalue weighted by molar-refractivity contribution is 5.44. The lowest BCUT2D eigenvalue weighted by Crippen LogP contribution is -2.37. The number of hydrogen-bond donors (Lipinski definition) is 1. The second-order valence-electron chi connectivity index (χ2n) is 5.56. The van der Waals surface area contributed by atoms with Crippen LogP contribution in [-0.4, -0.2) is 26.3 Å². The Morgan fingerprint density at radius 1 is 1.05 bits per heavy atom. The fourth-order valence-corrected chi connectivity index (χ4v) is 2.56. The monoisotopic (exact) mass is 277 g/mol. The Kier molecular flexibility index (Phi) is 5.72. The fourth-order valence-electron chi connectivity index (χ4n) is 2.56. The van der Waals surface area contributed by atoms with Crippen LogP contribution < -0.4 is 14.8 Å². The van der Waals surface area contributed by atoms with Gasteiger partial charge in [0.2, 0.25) is 0 Å². The van der Waals surface area contributed by atoms with Gasteiger partial charge in [-0.1, -0.05) is 19.9 Å². The van der Waals surface area contributed by atoms with Crippen molar-refractivity contribution in [1.82, 2.24) is 5.32 Å². The minimum absolute atomic E-state index is 0.664. The highest BCUT2D eigenvalue weighted by atomic mass is 16.5. The highest BCUT2D eigenvalue weighted by Crippen LogP contribution is 2.40. The number of benzene rings is 1. The fraction of sp³-hybridized carbons (Fsp3) is 0.647.